The first-order valence-corrected chi connectivity index (χ1v) is 9.18. The quantitative estimate of drug-likeness (QED) is 0.794. The van der Waals surface area contributed by atoms with Gasteiger partial charge in [-0.15, -0.1) is 11.3 Å². The summed E-state index contributed by atoms with van der Waals surface area (Å²) in [7, 11) is -3.52. The van der Waals surface area contributed by atoms with Crippen LogP contribution in [0.5, 0.6) is 0 Å². The normalized spacial score (nSPS) is 11.0. The van der Waals surface area contributed by atoms with Gasteiger partial charge >= 0.3 is 0 Å². The van der Waals surface area contributed by atoms with E-state index >= 15 is 0 Å². The Kier molecular flexibility index (Phi) is 5.56. The average Bonchev–Trinajstić information content (AvgIpc) is 2.89. The van der Waals surface area contributed by atoms with Gasteiger partial charge < -0.3 is 5.73 Å². The van der Waals surface area contributed by atoms with E-state index in [1.807, 2.05) is 11.4 Å². The summed E-state index contributed by atoms with van der Waals surface area (Å²) >= 11 is 4.83. The van der Waals surface area contributed by atoms with Gasteiger partial charge in [0.1, 0.15) is 0 Å². The summed E-state index contributed by atoms with van der Waals surface area (Å²) in [5.74, 6) is 5.57. The molecule has 2 aromatic rings. The summed E-state index contributed by atoms with van der Waals surface area (Å²) < 4.78 is 27.8. The van der Waals surface area contributed by atoms with Crippen LogP contribution in [0.25, 0.3) is 0 Å². The van der Waals surface area contributed by atoms with E-state index in [4.69, 9.17) is 5.73 Å². The highest BCUT2D eigenvalue weighted by molar-refractivity contribution is 9.10. The highest BCUT2D eigenvalue weighted by atomic mass is 79.9. The molecule has 7 heteroatoms. The van der Waals surface area contributed by atoms with Gasteiger partial charge in [0.25, 0.3) is 0 Å². The van der Waals surface area contributed by atoms with Gasteiger partial charge in [0.2, 0.25) is 10.0 Å². The molecule has 1 heterocycles. The van der Waals surface area contributed by atoms with E-state index in [0.717, 1.165) is 14.9 Å². The first-order chi connectivity index (χ1) is 10.0. The van der Waals surface area contributed by atoms with E-state index < -0.39 is 10.0 Å². The van der Waals surface area contributed by atoms with Crippen LogP contribution in [0, 0.1) is 11.8 Å². The first kappa shape index (κ1) is 16.2. The fourth-order valence-electron chi connectivity index (χ4n) is 1.57. The van der Waals surface area contributed by atoms with Crippen LogP contribution in [0.4, 0.5) is 0 Å². The molecule has 2 rings (SSSR count). The second-order valence-electron chi connectivity index (χ2n) is 4.09. The molecule has 0 radical (unpaired) electrons. The minimum atomic E-state index is -3.52. The van der Waals surface area contributed by atoms with Gasteiger partial charge in [-0.2, -0.15) is 0 Å². The Bertz CT molecular complexity index is 771. The number of halogens is 1. The molecule has 0 amide bonds. The second kappa shape index (κ2) is 7.20. The predicted octanol–water partition coefficient (Wildman–Crippen LogP) is 2.30. The highest BCUT2D eigenvalue weighted by Crippen LogP contribution is 2.20. The molecule has 0 aliphatic carbocycles. The molecule has 0 saturated carbocycles. The van der Waals surface area contributed by atoms with Crippen LogP contribution in [0.3, 0.4) is 0 Å². The third-order valence-corrected chi connectivity index (χ3v) is 5.67. The Morgan fingerprint density at radius 1 is 1.29 bits per heavy atom. The summed E-state index contributed by atoms with van der Waals surface area (Å²) in [6, 6.07) is 8.29. The van der Waals surface area contributed by atoms with Crippen LogP contribution >= 0.6 is 27.3 Å². The third kappa shape index (κ3) is 4.66. The lowest BCUT2D eigenvalue weighted by molar-refractivity contribution is 0.582. The Morgan fingerprint density at radius 2 is 2.00 bits per heavy atom. The molecule has 1 aromatic carbocycles. The zero-order valence-electron chi connectivity index (χ0n) is 11.0. The SMILES string of the molecule is NCC#Cc1ccc(S(=O)(=O)NCc2cc(Br)cs2)cc1. The van der Waals surface area contributed by atoms with E-state index in [1.54, 1.807) is 12.1 Å². The van der Waals surface area contributed by atoms with Crippen LogP contribution in [-0.4, -0.2) is 15.0 Å². The zero-order valence-corrected chi connectivity index (χ0v) is 14.2. The third-order valence-electron chi connectivity index (χ3n) is 2.56. The molecule has 0 saturated heterocycles. The van der Waals surface area contributed by atoms with Gasteiger partial charge in [-0.05, 0) is 46.3 Å². The number of benzene rings is 1. The maximum Gasteiger partial charge on any atom is 0.240 e. The van der Waals surface area contributed by atoms with Crippen molar-refractivity contribution in [1.82, 2.24) is 4.72 Å². The van der Waals surface area contributed by atoms with Crippen molar-refractivity contribution in [3.05, 3.63) is 50.6 Å². The molecule has 110 valence electrons. The predicted molar refractivity (Wildman–Crippen MR) is 88.4 cm³/mol. The van der Waals surface area contributed by atoms with Crippen molar-refractivity contribution in [3.8, 4) is 11.8 Å². The fourth-order valence-corrected chi connectivity index (χ4v) is 4.06. The lowest BCUT2D eigenvalue weighted by atomic mass is 10.2. The Hall–Kier alpha value is -1.17. The molecule has 4 nitrogen and oxygen atoms in total. The monoisotopic (exact) mass is 384 g/mol. The molecule has 0 spiro atoms. The summed E-state index contributed by atoms with van der Waals surface area (Å²) in [5, 5.41) is 1.91. The Balaban J connectivity index is 2.08. The molecule has 0 fully saturated rings. The van der Waals surface area contributed by atoms with Crippen molar-refractivity contribution < 1.29 is 8.42 Å². The van der Waals surface area contributed by atoms with E-state index in [1.165, 1.54) is 23.5 Å². The van der Waals surface area contributed by atoms with Crippen LogP contribution in [0.15, 0.2) is 45.1 Å². The van der Waals surface area contributed by atoms with E-state index in [-0.39, 0.29) is 18.0 Å². The smallest absolute Gasteiger partial charge is 0.240 e. The molecule has 0 aliphatic rings. The van der Waals surface area contributed by atoms with Crippen LogP contribution in [0.1, 0.15) is 10.4 Å². The number of sulfonamides is 1. The molecular weight excluding hydrogens is 372 g/mol. The molecule has 3 N–H and O–H groups in total. The highest BCUT2D eigenvalue weighted by Gasteiger charge is 2.13. The number of hydrogen-bond acceptors (Lipinski definition) is 4. The summed E-state index contributed by atoms with van der Waals surface area (Å²) in [5.41, 5.74) is 6.03. The minimum absolute atomic E-state index is 0.219. The topological polar surface area (TPSA) is 72.2 Å². The van der Waals surface area contributed by atoms with Crippen molar-refractivity contribution in [1.29, 1.82) is 0 Å². The fraction of sp³-hybridized carbons (Fsp3) is 0.143. The number of thiophene rings is 1. The van der Waals surface area contributed by atoms with Crippen molar-refractivity contribution in [3.63, 3.8) is 0 Å². The van der Waals surface area contributed by atoms with Gasteiger partial charge in [-0.3, -0.25) is 0 Å². The maximum atomic E-state index is 12.2. The number of nitrogens with two attached hydrogens (primary N) is 1. The summed E-state index contributed by atoms with van der Waals surface area (Å²) in [6.07, 6.45) is 0. The largest absolute Gasteiger partial charge is 0.320 e. The van der Waals surface area contributed by atoms with Crippen LogP contribution < -0.4 is 10.5 Å². The molecule has 1 aromatic heterocycles. The minimum Gasteiger partial charge on any atom is -0.320 e. The van der Waals surface area contributed by atoms with Gasteiger partial charge in [-0.1, -0.05) is 11.8 Å². The molecule has 0 aliphatic heterocycles. The van der Waals surface area contributed by atoms with Crippen molar-refractivity contribution in [2.45, 2.75) is 11.4 Å². The van der Waals surface area contributed by atoms with E-state index in [2.05, 4.69) is 32.5 Å². The van der Waals surface area contributed by atoms with Crippen LogP contribution in [0.2, 0.25) is 0 Å². The van der Waals surface area contributed by atoms with Gasteiger partial charge in [0.15, 0.2) is 0 Å². The van der Waals surface area contributed by atoms with Gasteiger partial charge in [0.05, 0.1) is 11.4 Å². The molecule has 0 unspecified atom stereocenters. The van der Waals surface area contributed by atoms with E-state index in [0.29, 0.717) is 0 Å². The van der Waals surface area contributed by atoms with E-state index in [9.17, 15) is 8.42 Å². The van der Waals surface area contributed by atoms with Crippen molar-refractivity contribution >= 4 is 37.3 Å². The molecule has 21 heavy (non-hydrogen) atoms. The lowest BCUT2D eigenvalue weighted by Crippen LogP contribution is -2.22. The molecule has 0 atom stereocenters. The lowest BCUT2D eigenvalue weighted by Gasteiger charge is -2.05. The van der Waals surface area contributed by atoms with Crippen LogP contribution in [-0.2, 0) is 16.6 Å². The zero-order chi connectivity index (χ0) is 15.3. The second-order valence-corrected chi connectivity index (χ2v) is 7.76. The maximum absolute atomic E-state index is 12.2. The number of nitrogens with one attached hydrogen (secondary N) is 1. The molecule has 0 bridgehead atoms. The first-order valence-electron chi connectivity index (χ1n) is 6.03. The number of hydrogen-bond donors (Lipinski definition) is 2. The molecular formula is C14H13BrN2O2S2. The van der Waals surface area contributed by atoms with Crippen molar-refractivity contribution in [2.75, 3.05) is 6.54 Å². The Morgan fingerprint density at radius 3 is 2.57 bits per heavy atom. The Labute approximate surface area is 136 Å². The van der Waals surface area contributed by atoms with Gasteiger partial charge in [-0.25, -0.2) is 13.1 Å². The van der Waals surface area contributed by atoms with Crippen molar-refractivity contribution in [2.24, 2.45) is 5.73 Å². The summed E-state index contributed by atoms with van der Waals surface area (Å²) in [4.78, 5) is 1.16. The van der Waals surface area contributed by atoms with Gasteiger partial charge in [0, 0.05) is 26.8 Å². The number of rotatable bonds is 4. The summed E-state index contributed by atoms with van der Waals surface area (Å²) in [6.45, 7) is 0.547. The standard InChI is InChI=1S/C14H13BrN2O2S2/c15-12-8-13(20-10-12)9-17-21(18,19)14-5-3-11(4-6-14)2-1-7-16/h3-6,8,10,17H,7,9,16H2. The average molecular weight is 385 g/mol.